The molecule has 0 aromatic heterocycles. The third-order valence-corrected chi connectivity index (χ3v) is 3.12. The van der Waals surface area contributed by atoms with E-state index in [0.29, 0.717) is 29.4 Å². The minimum Gasteiger partial charge on any atom is -0.326 e. The maximum absolute atomic E-state index is 11.9. The van der Waals surface area contributed by atoms with Crippen LogP contribution in [-0.2, 0) is 9.59 Å². The van der Waals surface area contributed by atoms with E-state index < -0.39 is 0 Å². The van der Waals surface area contributed by atoms with Crippen molar-refractivity contribution in [3.05, 3.63) is 23.2 Å². The molecule has 0 radical (unpaired) electrons. The van der Waals surface area contributed by atoms with Crippen LogP contribution in [0, 0.1) is 5.92 Å². The van der Waals surface area contributed by atoms with E-state index in [-0.39, 0.29) is 17.7 Å². The van der Waals surface area contributed by atoms with Crippen LogP contribution in [0.3, 0.4) is 0 Å². The first kappa shape index (κ1) is 16.5. The van der Waals surface area contributed by atoms with Crippen LogP contribution in [-0.4, -0.2) is 25.4 Å². The van der Waals surface area contributed by atoms with E-state index in [1.54, 1.807) is 32.2 Å². The van der Waals surface area contributed by atoms with Crippen LogP contribution in [0.1, 0.15) is 20.3 Å². The van der Waals surface area contributed by atoms with Gasteiger partial charge >= 0.3 is 0 Å². The lowest BCUT2D eigenvalue weighted by Crippen LogP contribution is -2.28. The smallest absolute Gasteiger partial charge is 0.228 e. The first-order valence-electron chi connectivity index (χ1n) is 6.52. The van der Waals surface area contributed by atoms with E-state index in [4.69, 9.17) is 11.6 Å². The van der Waals surface area contributed by atoms with Crippen molar-refractivity contribution in [2.24, 2.45) is 5.92 Å². The zero-order chi connectivity index (χ0) is 15.1. The van der Waals surface area contributed by atoms with Crippen LogP contribution in [0.4, 0.5) is 11.4 Å². The molecule has 1 aromatic carbocycles. The Labute approximate surface area is 124 Å². The molecule has 0 aliphatic rings. The maximum atomic E-state index is 11.9. The van der Waals surface area contributed by atoms with Gasteiger partial charge in [-0.05, 0) is 25.2 Å². The summed E-state index contributed by atoms with van der Waals surface area (Å²) in [6.07, 6.45) is 0.392. The number of rotatable bonds is 6. The molecule has 0 spiro atoms. The second-order valence-corrected chi connectivity index (χ2v) is 4.95. The summed E-state index contributed by atoms with van der Waals surface area (Å²) in [6.45, 7) is 4.17. The van der Waals surface area contributed by atoms with Gasteiger partial charge in [0.25, 0.3) is 0 Å². The lowest BCUT2D eigenvalue weighted by atomic mass is 10.1. The number of anilines is 2. The van der Waals surface area contributed by atoms with Crippen molar-refractivity contribution in [3.63, 3.8) is 0 Å². The molecule has 0 aliphatic heterocycles. The van der Waals surface area contributed by atoms with E-state index in [1.807, 2.05) is 6.92 Å². The molecule has 3 N–H and O–H groups in total. The minimum atomic E-state index is -0.176. The molecule has 0 heterocycles. The first-order chi connectivity index (χ1) is 9.47. The van der Waals surface area contributed by atoms with Gasteiger partial charge in [0.15, 0.2) is 0 Å². The Kier molecular flexibility index (Phi) is 6.48. The van der Waals surface area contributed by atoms with Crippen LogP contribution in [0.5, 0.6) is 0 Å². The van der Waals surface area contributed by atoms with Gasteiger partial charge in [0.1, 0.15) is 0 Å². The second kappa shape index (κ2) is 7.87. The number of hydrogen-bond donors (Lipinski definition) is 3. The van der Waals surface area contributed by atoms with E-state index >= 15 is 0 Å². The Bertz CT molecular complexity index is 491. The third-order valence-electron chi connectivity index (χ3n) is 2.79. The highest BCUT2D eigenvalue weighted by molar-refractivity contribution is 6.33. The Hall–Kier alpha value is -1.59. The van der Waals surface area contributed by atoms with Gasteiger partial charge in [-0.3, -0.25) is 9.59 Å². The molecule has 1 rings (SSSR count). The van der Waals surface area contributed by atoms with Crippen molar-refractivity contribution >= 4 is 34.8 Å². The molecule has 6 heteroatoms. The second-order valence-electron chi connectivity index (χ2n) is 4.54. The topological polar surface area (TPSA) is 70.2 Å². The van der Waals surface area contributed by atoms with E-state index in [1.165, 1.54) is 0 Å². The molecular weight excluding hydrogens is 278 g/mol. The Morgan fingerprint density at radius 3 is 2.60 bits per heavy atom. The van der Waals surface area contributed by atoms with Crippen molar-refractivity contribution < 1.29 is 9.59 Å². The van der Waals surface area contributed by atoms with E-state index in [0.717, 1.165) is 0 Å². The van der Waals surface area contributed by atoms with Crippen molar-refractivity contribution in [1.29, 1.82) is 0 Å². The fourth-order valence-electron chi connectivity index (χ4n) is 1.60. The van der Waals surface area contributed by atoms with E-state index in [9.17, 15) is 9.59 Å². The number of carbonyl (C=O) groups is 2. The summed E-state index contributed by atoms with van der Waals surface area (Å²) >= 11 is 6.05. The largest absolute Gasteiger partial charge is 0.326 e. The summed E-state index contributed by atoms with van der Waals surface area (Å²) in [5.74, 6) is -0.390. The summed E-state index contributed by atoms with van der Waals surface area (Å²) in [4.78, 5) is 23.3. The number of amides is 2. The Balaban J connectivity index is 2.81. The van der Waals surface area contributed by atoms with Crippen LogP contribution in [0.25, 0.3) is 0 Å². The number of halogens is 1. The van der Waals surface area contributed by atoms with Crippen molar-refractivity contribution in [1.82, 2.24) is 5.32 Å². The molecule has 5 nitrogen and oxygen atoms in total. The van der Waals surface area contributed by atoms with Crippen molar-refractivity contribution in [3.8, 4) is 0 Å². The summed E-state index contributed by atoms with van der Waals surface area (Å²) in [5, 5.41) is 8.87. The van der Waals surface area contributed by atoms with Gasteiger partial charge in [0.2, 0.25) is 11.8 Å². The van der Waals surface area contributed by atoms with Crippen LogP contribution in [0.2, 0.25) is 5.02 Å². The average molecular weight is 298 g/mol. The standard InChI is InChI=1S/C14H20ClN3O2/c1-4-13(19)17-10-5-6-11(15)12(7-10)18-14(20)9(2)8-16-3/h5-7,9,16H,4,8H2,1-3H3,(H,17,19)(H,18,20). The summed E-state index contributed by atoms with van der Waals surface area (Å²) in [5.41, 5.74) is 1.10. The number of carbonyl (C=O) groups excluding carboxylic acids is 2. The summed E-state index contributed by atoms with van der Waals surface area (Å²) in [6, 6.07) is 4.99. The third kappa shape index (κ3) is 4.83. The van der Waals surface area contributed by atoms with Gasteiger partial charge in [0, 0.05) is 24.6 Å². The van der Waals surface area contributed by atoms with Gasteiger partial charge in [0.05, 0.1) is 10.7 Å². The van der Waals surface area contributed by atoms with Gasteiger partial charge in [-0.25, -0.2) is 0 Å². The highest BCUT2D eigenvalue weighted by Crippen LogP contribution is 2.26. The lowest BCUT2D eigenvalue weighted by Gasteiger charge is -2.14. The normalized spacial score (nSPS) is 11.8. The summed E-state index contributed by atoms with van der Waals surface area (Å²) < 4.78 is 0. The Morgan fingerprint density at radius 2 is 2.00 bits per heavy atom. The van der Waals surface area contributed by atoms with Crippen LogP contribution < -0.4 is 16.0 Å². The average Bonchev–Trinajstić information content (AvgIpc) is 2.42. The molecule has 0 bridgehead atoms. The van der Waals surface area contributed by atoms with Gasteiger partial charge < -0.3 is 16.0 Å². The zero-order valence-corrected chi connectivity index (χ0v) is 12.7. The highest BCUT2D eigenvalue weighted by atomic mass is 35.5. The van der Waals surface area contributed by atoms with Crippen LogP contribution >= 0.6 is 11.6 Å². The molecule has 0 saturated heterocycles. The van der Waals surface area contributed by atoms with Crippen molar-refractivity contribution in [2.75, 3.05) is 24.2 Å². The zero-order valence-electron chi connectivity index (χ0n) is 11.9. The number of hydrogen-bond acceptors (Lipinski definition) is 3. The molecule has 1 aromatic rings. The molecular formula is C14H20ClN3O2. The predicted octanol–water partition coefficient (Wildman–Crippen LogP) is 2.48. The van der Waals surface area contributed by atoms with Gasteiger partial charge in [-0.15, -0.1) is 0 Å². The molecule has 1 atom stereocenters. The van der Waals surface area contributed by atoms with E-state index in [2.05, 4.69) is 16.0 Å². The molecule has 0 aliphatic carbocycles. The number of benzene rings is 1. The summed E-state index contributed by atoms with van der Waals surface area (Å²) in [7, 11) is 1.79. The SMILES string of the molecule is CCC(=O)Nc1ccc(Cl)c(NC(=O)C(C)CNC)c1. The number of nitrogens with one attached hydrogen (secondary N) is 3. The first-order valence-corrected chi connectivity index (χ1v) is 6.90. The molecule has 0 fully saturated rings. The van der Waals surface area contributed by atoms with Crippen LogP contribution in [0.15, 0.2) is 18.2 Å². The fourth-order valence-corrected chi connectivity index (χ4v) is 1.77. The maximum Gasteiger partial charge on any atom is 0.228 e. The molecule has 1 unspecified atom stereocenters. The molecule has 2 amide bonds. The fraction of sp³-hybridized carbons (Fsp3) is 0.429. The monoisotopic (exact) mass is 297 g/mol. The van der Waals surface area contributed by atoms with Gasteiger partial charge in [-0.2, -0.15) is 0 Å². The Morgan fingerprint density at radius 1 is 1.30 bits per heavy atom. The highest BCUT2D eigenvalue weighted by Gasteiger charge is 2.14. The minimum absolute atomic E-state index is 0.0897. The molecule has 110 valence electrons. The van der Waals surface area contributed by atoms with Crippen molar-refractivity contribution in [2.45, 2.75) is 20.3 Å². The van der Waals surface area contributed by atoms with Gasteiger partial charge in [-0.1, -0.05) is 25.4 Å². The predicted molar refractivity (Wildman–Crippen MR) is 82.1 cm³/mol. The quantitative estimate of drug-likeness (QED) is 0.755. The molecule has 20 heavy (non-hydrogen) atoms. The molecule has 0 saturated carbocycles. The lowest BCUT2D eigenvalue weighted by molar-refractivity contribution is -0.119.